The number of guanidine groups is 1. The Bertz CT molecular complexity index is 1540. The zero-order valence-corrected chi connectivity index (χ0v) is 27.9. The van der Waals surface area contributed by atoms with Crippen molar-refractivity contribution >= 4 is 36.8 Å². The lowest BCUT2D eigenvalue weighted by molar-refractivity contribution is -0.153. The van der Waals surface area contributed by atoms with Gasteiger partial charge in [0.05, 0.1) is 6.61 Å². The first-order valence-electron chi connectivity index (χ1n) is 15.2. The molecule has 12 heteroatoms. The van der Waals surface area contributed by atoms with Gasteiger partial charge >= 0.3 is 18.4 Å². The van der Waals surface area contributed by atoms with Gasteiger partial charge in [-0.15, -0.1) is 0 Å². The summed E-state index contributed by atoms with van der Waals surface area (Å²) in [5, 5.41) is 5.22. The van der Waals surface area contributed by atoms with Crippen LogP contribution in [0.15, 0.2) is 126 Å². The van der Waals surface area contributed by atoms with Crippen molar-refractivity contribution in [2.45, 2.75) is 51.2 Å². The van der Waals surface area contributed by atoms with Gasteiger partial charge in [0, 0.05) is 0 Å². The molecule has 1 unspecified atom stereocenters. The maximum Gasteiger partial charge on any atom is 0.414 e. The minimum Gasteiger partial charge on any atom is -0.444 e. The van der Waals surface area contributed by atoms with Gasteiger partial charge in [-0.2, -0.15) is 13.2 Å². The van der Waals surface area contributed by atoms with Crippen LogP contribution in [0, 0.1) is 0 Å². The minimum absolute atomic E-state index is 0.169. The van der Waals surface area contributed by atoms with Crippen LogP contribution in [0.1, 0.15) is 31.9 Å². The van der Waals surface area contributed by atoms with Crippen LogP contribution in [0.3, 0.4) is 0 Å². The average molecular weight is 678 g/mol. The van der Waals surface area contributed by atoms with Crippen molar-refractivity contribution in [2.24, 2.45) is 4.99 Å². The van der Waals surface area contributed by atoms with E-state index in [0.29, 0.717) is 11.1 Å². The molecular formula is C36H38F3N3O5Si. The van der Waals surface area contributed by atoms with Crippen LogP contribution in [0.2, 0.25) is 5.04 Å². The summed E-state index contributed by atoms with van der Waals surface area (Å²) in [6.07, 6.45) is -7.19. The van der Waals surface area contributed by atoms with Crippen LogP contribution < -0.4 is 21.0 Å². The lowest BCUT2D eigenvalue weighted by Crippen LogP contribution is -2.67. The second-order valence-electron chi connectivity index (χ2n) is 11.9. The van der Waals surface area contributed by atoms with Crippen molar-refractivity contribution in [3.05, 3.63) is 132 Å². The second-order valence-corrected chi connectivity index (χ2v) is 16.2. The van der Waals surface area contributed by atoms with E-state index in [4.69, 9.17) is 13.9 Å². The third-order valence-corrected chi connectivity index (χ3v) is 12.4. The topological polar surface area (TPSA) is 98.3 Å². The fraction of sp³-hybridized carbons (Fsp3) is 0.250. The largest absolute Gasteiger partial charge is 0.444 e. The molecular weight excluding hydrogens is 639 g/mol. The van der Waals surface area contributed by atoms with Gasteiger partial charge in [-0.1, -0.05) is 142 Å². The van der Waals surface area contributed by atoms with Gasteiger partial charge in [0.15, 0.2) is 6.04 Å². The molecule has 0 aromatic heterocycles. The minimum atomic E-state index is -4.93. The average Bonchev–Trinajstić information content (AvgIpc) is 3.07. The first kappa shape index (κ1) is 35.9. The Morgan fingerprint density at radius 2 is 1.04 bits per heavy atom. The molecule has 0 aliphatic rings. The van der Waals surface area contributed by atoms with E-state index >= 15 is 0 Å². The van der Waals surface area contributed by atoms with Crippen LogP contribution in [0.25, 0.3) is 0 Å². The Morgan fingerprint density at radius 3 is 1.40 bits per heavy atom. The molecule has 0 radical (unpaired) electrons. The third kappa shape index (κ3) is 9.78. The Labute approximate surface area is 279 Å². The van der Waals surface area contributed by atoms with E-state index in [9.17, 15) is 22.8 Å². The number of carbonyl (C=O) groups excluding carboxylic acids is 2. The molecule has 4 rings (SSSR count). The molecule has 0 fully saturated rings. The van der Waals surface area contributed by atoms with E-state index in [-0.39, 0.29) is 13.2 Å². The highest BCUT2D eigenvalue weighted by atomic mass is 28.4. The summed E-state index contributed by atoms with van der Waals surface area (Å²) in [7, 11) is -3.40. The molecule has 2 N–H and O–H groups in total. The molecule has 1 atom stereocenters. The van der Waals surface area contributed by atoms with E-state index in [1.54, 1.807) is 60.7 Å². The van der Waals surface area contributed by atoms with E-state index in [0.717, 1.165) is 10.4 Å². The Hall–Kier alpha value is -4.94. The van der Waals surface area contributed by atoms with E-state index in [1.165, 1.54) is 0 Å². The van der Waals surface area contributed by atoms with Gasteiger partial charge in [-0.25, -0.2) is 14.6 Å². The number of amides is 2. The van der Waals surface area contributed by atoms with Gasteiger partial charge in [-0.3, -0.25) is 10.6 Å². The zero-order chi connectivity index (χ0) is 34.6. The third-order valence-electron chi connectivity index (χ3n) is 7.40. The molecule has 252 valence electrons. The number of rotatable bonds is 10. The summed E-state index contributed by atoms with van der Waals surface area (Å²) in [5.41, 5.74) is 1.29. The van der Waals surface area contributed by atoms with Gasteiger partial charge in [0.1, 0.15) is 13.2 Å². The predicted molar refractivity (Wildman–Crippen MR) is 180 cm³/mol. The van der Waals surface area contributed by atoms with Crippen molar-refractivity contribution in [1.29, 1.82) is 0 Å². The smallest absolute Gasteiger partial charge is 0.414 e. The first-order valence-corrected chi connectivity index (χ1v) is 17.1. The molecule has 0 saturated carbocycles. The van der Waals surface area contributed by atoms with Crippen LogP contribution in [0.5, 0.6) is 0 Å². The number of alkyl carbamates (subject to hydrolysis) is 2. The quantitative estimate of drug-likeness (QED) is 0.111. The number of ether oxygens (including phenoxy) is 2. The summed E-state index contributed by atoms with van der Waals surface area (Å²) in [4.78, 5) is 29.2. The number of hydrogen-bond acceptors (Lipinski definition) is 6. The highest BCUT2D eigenvalue weighted by Crippen LogP contribution is 2.37. The number of halogens is 3. The van der Waals surface area contributed by atoms with Crippen LogP contribution >= 0.6 is 0 Å². The predicted octanol–water partition coefficient (Wildman–Crippen LogP) is 6.70. The van der Waals surface area contributed by atoms with Crippen molar-refractivity contribution in [2.75, 3.05) is 6.61 Å². The Kier molecular flexibility index (Phi) is 12.2. The van der Waals surface area contributed by atoms with Crippen molar-refractivity contribution in [3.8, 4) is 0 Å². The molecule has 0 saturated heterocycles. The van der Waals surface area contributed by atoms with Crippen LogP contribution in [-0.4, -0.2) is 45.3 Å². The van der Waals surface area contributed by atoms with Crippen LogP contribution in [0.4, 0.5) is 22.8 Å². The Balaban J connectivity index is 1.65. The lowest BCUT2D eigenvalue weighted by atomic mass is 10.2. The number of carbonyl (C=O) groups is 2. The van der Waals surface area contributed by atoms with Gasteiger partial charge in [0.25, 0.3) is 8.32 Å². The molecule has 0 bridgehead atoms. The summed E-state index contributed by atoms with van der Waals surface area (Å²) >= 11 is 0. The molecule has 0 aliphatic carbocycles. The number of hydrogen-bond donors (Lipinski definition) is 2. The normalized spacial score (nSPS) is 12.4. The number of alkyl halides is 3. The SMILES string of the molecule is CC(C)(C)[Si](OCC(N=C(NC(=O)OCc1ccccc1)NC(=O)OCc1ccccc1)C(F)(F)F)(c1ccccc1)c1ccccc1. The molecule has 48 heavy (non-hydrogen) atoms. The fourth-order valence-corrected chi connectivity index (χ4v) is 9.70. The highest BCUT2D eigenvalue weighted by molar-refractivity contribution is 6.99. The summed E-state index contributed by atoms with van der Waals surface area (Å²) < 4.78 is 61.0. The number of benzene rings is 4. The van der Waals surface area contributed by atoms with Crippen molar-refractivity contribution in [3.63, 3.8) is 0 Å². The molecule has 0 spiro atoms. The summed E-state index contributed by atoms with van der Waals surface area (Å²) in [6.45, 7) is 4.57. The van der Waals surface area contributed by atoms with Crippen molar-refractivity contribution in [1.82, 2.24) is 10.6 Å². The van der Waals surface area contributed by atoms with E-state index < -0.39 is 50.3 Å². The first-order chi connectivity index (χ1) is 22.9. The number of nitrogens with zero attached hydrogens (tertiary/aromatic N) is 1. The van der Waals surface area contributed by atoms with E-state index in [1.807, 2.05) is 81.4 Å². The van der Waals surface area contributed by atoms with E-state index in [2.05, 4.69) is 15.6 Å². The summed E-state index contributed by atoms with van der Waals surface area (Å²) in [6, 6.07) is 33.3. The molecule has 4 aromatic carbocycles. The molecule has 0 heterocycles. The monoisotopic (exact) mass is 677 g/mol. The summed E-state index contributed by atoms with van der Waals surface area (Å²) in [5.74, 6) is -0.806. The number of aliphatic imine (C=N–C) groups is 1. The second kappa shape index (κ2) is 16.2. The van der Waals surface area contributed by atoms with Gasteiger partial charge < -0.3 is 13.9 Å². The maximum atomic E-state index is 14.7. The standard InChI is InChI=1S/C36H38F3N3O5Si/c1-35(2,3)48(29-20-12-6-13-21-29,30-22-14-7-15-23-30)47-26-31(36(37,38)39)40-32(41-33(43)45-24-27-16-8-4-9-17-27)42-34(44)46-25-28-18-10-5-11-19-28/h4-23,31H,24-26H2,1-3H3,(H2,40,41,42,43,44). The van der Waals surface area contributed by atoms with Crippen LogP contribution in [-0.2, 0) is 27.1 Å². The number of nitrogens with one attached hydrogen (secondary N) is 2. The lowest BCUT2D eigenvalue weighted by Gasteiger charge is -2.43. The maximum absolute atomic E-state index is 14.7. The fourth-order valence-electron chi connectivity index (χ4n) is 5.13. The van der Waals surface area contributed by atoms with Gasteiger partial charge in [-0.05, 0) is 26.5 Å². The molecule has 0 aliphatic heterocycles. The Morgan fingerprint density at radius 1 is 0.667 bits per heavy atom. The zero-order valence-electron chi connectivity index (χ0n) is 26.9. The molecule has 4 aromatic rings. The van der Waals surface area contributed by atoms with Crippen molar-refractivity contribution < 1.29 is 36.7 Å². The molecule has 2 amide bonds. The highest BCUT2D eigenvalue weighted by Gasteiger charge is 2.52. The van der Waals surface area contributed by atoms with Gasteiger partial charge in [0.2, 0.25) is 5.96 Å². The molecule has 8 nitrogen and oxygen atoms in total.